The Labute approximate surface area is 120 Å². The maximum atomic E-state index is 11.4. The van der Waals surface area contributed by atoms with E-state index in [9.17, 15) is 13.2 Å². The van der Waals surface area contributed by atoms with E-state index in [0.717, 1.165) is 4.47 Å². The number of carbonyl (C=O) groups is 1. The van der Waals surface area contributed by atoms with Gasteiger partial charge < -0.3 is 10.4 Å². The van der Waals surface area contributed by atoms with Crippen LogP contribution in [0, 0.1) is 5.92 Å². The molecule has 104 valence electrons. The first-order valence-electron chi connectivity index (χ1n) is 5.84. The third-order valence-electron chi connectivity index (χ3n) is 3.12. The fraction of sp³-hybridized carbons (Fsp3) is 0.417. The number of aromatic carboxylic acids is 1. The molecule has 1 saturated heterocycles. The number of hydrogen-bond acceptors (Lipinski definition) is 4. The number of carboxylic acid groups (broad SMARTS) is 1. The van der Waals surface area contributed by atoms with E-state index in [-0.39, 0.29) is 23.0 Å². The molecular formula is C12H14BrNO4S. The van der Waals surface area contributed by atoms with Gasteiger partial charge in [-0.1, -0.05) is 15.9 Å². The summed E-state index contributed by atoms with van der Waals surface area (Å²) >= 11 is 3.29. The van der Waals surface area contributed by atoms with Crippen molar-refractivity contribution in [2.45, 2.75) is 6.42 Å². The Balaban J connectivity index is 2.07. The number of benzene rings is 1. The molecule has 0 aromatic heterocycles. The Bertz CT molecular complexity index is 600. The van der Waals surface area contributed by atoms with E-state index in [2.05, 4.69) is 21.2 Å². The summed E-state index contributed by atoms with van der Waals surface area (Å²) in [6.45, 7) is 0.468. The Morgan fingerprint density at radius 1 is 1.47 bits per heavy atom. The molecule has 7 heteroatoms. The SMILES string of the molecule is O=C(O)c1ccc(Br)cc1NCC1CCS(=O)(=O)C1. The molecule has 1 fully saturated rings. The number of hydrogen-bond donors (Lipinski definition) is 2. The second-order valence-electron chi connectivity index (χ2n) is 4.65. The molecule has 0 radical (unpaired) electrons. The number of sulfone groups is 1. The van der Waals surface area contributed by atoms with Gasteiger partial charge in [-0.05, 0) is 30.5 Å². The molecule has 1 aromatic carbocycles. The maximum absolute atomic E-state index is 11.4. The second kappa shape index (κ2) is 5.50. The largest absolute Gasteiger partial charge is 0.478 e. The van der Waals surface area contributed by atoms with E-state index in [1.54, 1.807) is 12.1 Å². The Hall–Kier alpha value is -1.08. The van der Waals surface area contributed by atoms with Crippen LogP contribution >= 0.6 is 15.9 Å². The molecule has 1 aliphatic heterocycles. The summed E-state index contributed by atoms with van der Waals surface area (Å²) in [5.41, 5.74) is 0.690. The summed E-state index contributed by atoms with van der Waals surface area (Å²) in [5.74, 6) is -0.556. The molecular weight excluding hydrogens is 334 g/mol. The van der Waals surface area contributed by atoms with E-state index in [4.69, 9.17) is 5.11 Å². The van der Waals surface area contributed by atoms with Crippen LogP contribution in [0.2, 0.25) is 0 Å². The van der Waals surface area contributed by atoms with Crippen molar-refractivity contribution < 1.29 is 18.3 Å². The molecule has 5 nitrogen and oxygen atoms in total. The van der Waals surface area contributed by atoms with Gasteiger partial charge in [0.15, 0.2) is 9.84 Å². The van der Waals surface area contributed by atoms with E-state index >= 15 is 0 Å². The highest BCUT2D eigenvalue weighted by Crippen LogP contribution is 2.24. The van der Waals surface area contributed by atoms with Crippen LogP contribution in [0.25, 0.3) is 0 Å². The lowest BCUT2D eigenvalue weighted by molar-refractivity contribution is 0.0698. The number of rotatable bonds is 4. The monoisotopic (exact) mass is 347 g/mol. The van der Waals surface area contributed by atoms with Crippen LogP contribution < -0.4 is 5.32 Å². The van der Waals surface area contributed by atoms with Gasteiger partial charge >= 0.3 is 5.97 Å². The van der Waals surface area contributed by atoms with Gasteiger partial charge in [0.05, 0.1) is 17.1 Å². The second-order valence-corrected chi connectivity index (χ2v) is 7.79. The topological polar surface area (TPSA) is 83.5 Å². The van der Waals surface area contributed by atoms with Gasteiger partial charge in [-0.3, -0.25) is 0 Å². The zero-order chi connectivity index (χ0) is 14.0. The fourth-order valence-electron chi connectivity index (χ4n) is 2.14. The average molecular weight is 348 g/mol. The normalized spacial score (nSPS) is 21.2. The van der Waals surface area contributed by atoms with Crippen LogP contribution in [0.1, 0.15) is 16.8 Å². The average Bonchev–Trinajstić information content (AvgIpc) is 2.66. The molecule has 1 heterocycles. The van der Waals surface area contributed by atoms with Gasteiger partial charge in [0.1, 0.15) is 0 Å². The van der Waals surface area contributed by atoms with E-state index < -0.39 is 15.8 Å². The highest BCUT2D eigenvalue weighted by atomic mass is 79.9. The van der Waals surface area contributed by atoms with Crippen LogP contribution in [0.3, 0.4) is 0 Å². The fourth-order valence-corrected chi connectivity index (χ4v) is 4.36. The van der Waals surface area contributed by atoms with Crippen LogP contribution in [0.15, 0.2) is 22.7 Å². The molecule has 0 spiro atoms. The van der Waals surface area contributed by atoms with Crippen molar-refractivity contribution in [3.8, 4) is 0 Å². The van der Waals surface area contributed by atoms with Crippen molar-refractivity contribution in [2.24, 2.45) is 5.92 Å². The lowest BCUT2D eigenvalue weighted by atomic mass is 10.1. The van der Waals surface area contributed by atoms with Gasteiger partial charge in [-0.2, -0.15) is 0 Å². The lowest BCUT2D eigenvalue weighted by Gasteiger charge is -2.13. The molecule has 1 aliphatic rings. The van der Waals surface area contributed by atoms with Gasteiger partial charge in [-0.15, -0.1) is 0 Å². The van der Waals surface area contributed by atoms with Gasteiger partial charge in [0, 0.05) is 16.7 Å². The first kappa shape index (κ1) is 14.3. The van der Waals surface area contributed by atoms with Crippen molar-refractivity contribution in [2.75, 3.05) is 23.4 Å². The minimum absolute atomic E-state index is 0.0469. The first-order chi connectivity index (χ1) is 8.87. The quantitative estimate of drug-likeness (QED) is 0.870. The Morgan fingerprint density at radius 3 is 2.79 bits per heavy atom. The smallest absolute Gasteiger partial charge is 0.337 e. The molecule has 1 atom stereocenters. The zero-order valence-electron chi connectivity index (χ0n) is 10.1. The molecule has 19 heavy (non-hydrogen) atoms. The summed E-state index contributed by atoms with van der Waals surface area (Å²) in [4.78, 5) is 11.1. The minimum atomic E-state index is -2.90. The molecule has 2 N–H and O–H groups in total. The number of nitrogens with one attached hydrogen (secondary N) is 1. The van der Waals surface area contributed by atoms with E-state index in [0.29, 0.717) is 18.7 Å². The third kappa shape index (κ3) is 3.70. The molecule has 2 rings (SSSR count). The molecule has 0 amide bonds. The van der Waals surface area contributed by atoms with E-state index in [1.165, 1.54) is 6.07 Å². The summed E-state index contributed by atoms with van der Waals surface area (Å²) in [6, 6.07) is 4.86. The van der Waals surface area contributed by atoms with Gasteiger partial charge in [0.25, 0.3) is 0 Å². The molecule has 0 aliphatic carbocycles. The third-order valence-corrected chi connectivity index (χ3v) is 5.45. The maximum Gasteiger partial charge on any atom is 0.337 e. The Morgan fingerprint density at radius 2 is 2.21 bits per heavy atom. The molecule has 0 bridgehead atoms. The zero-order valence-corrected chi connectivity index (χ0v) is 12.5. The van der Waals surface area contributed by atoms with Gasteiger partial charge in [0.2, 0.25) is 0 Å². The Kier molecular flexibility index (Phi) is 4.15. The molecule has 0 saturated carbocycles. The van der Waals surface area contributed by atoms with Crippen molar-refractivity contribution in [1.82, 2.24) is 0 Å². The van der Waals surface area contributed by atoms with Crippen molar-refractivity contribution >= 4 is 37.4 Å². The van der Waals surface area contributed by atoms with Crippen molar-refractivity contribution in [3.05, 3.63) is 28.2 Å². The highest BCUT2D eigenvalue weighted by Gasteiger charge is 2.27. The van der Waals surface area contributed by atoms with Crippen molar-refractivity contribution in [3.63, 3.8) is 0 Å². The van der Waals surface area contributed by atoms with Gasteiger partial charge in [-0.25, -0.2) is 13.2 Å². The first-order valence-corrected chi connectivity index (χ1v) is 8.46. The minimum Gasteiger partial charge on any atom is -0.478 e. The summed E-state index contributed by atoms with van der Waals surface area (Å²) < 4.78 is 23.5. The number of carboxylic acids is 1. The lowest BCUT2D eigenvalue weighted by Crippen LogP contribution is -2.17. The standard InChI is InChI=1S/C12H14BrNO4S/c13-9-1-2-10(12(15)16)11(5-9)14-6-8-3-4-19(17,18)7-8/h1-2,5,8,14H,3-4,6-7H2,(H,15,16). The molecule has 1 aromatic rings. The summed E-state index contributed by atoms with van der Waals surface area (Å²) in [6.07, 6.45) is 0.631. The molecule has 1 unspecified atom stereocenters. The van der Waals surface area contributed by atoms with Crippen LogP contribution in [0.5, 0.6) is 0 Å². The number of anilines is 1. The predicted molar refractivity (Wildman–Crippen MR) is 76.4 cm³/mol. The van der Waals surface area contributed by atoms with Crippen LogP contribution in [-0.4, -0.2) is 37.5 Å². The predicted octanol–water partition coefficient (Wildman–Crippen LogP) is 1.99. The van der Waals surface area contributed by atoms with E-state index in [1.807, 2.05) is 0 Å². The number of halogens is 1. The summed E-state index contributed by atoms with van der Waals surface area (Å²) in [5, 5.41) is 12.1. The van der Waals surface area contributed by atoms with Crippen LogP contribution in [-0.2, 0) is 9.84 Å². The van der Waals surface area contributed by atoms with Crippen LogP contribution in [0.4, 0.5) is 5.69 Å². The summed E-state index contributed by atoms with van der Waals surface area (Å²) in [7, 11) is -2.90. The highest BCUT2D eigenvalue weighted by molar-refractivity contribution is 9.10. The van der Waals surface area contributed by atoms with Crippen molar-refractivity contribution in [1.29, 1.82) is 0 Å².